The zero-order chi connectivity index (χ0) is 20.2. The van der Waals surface area contributed by atoms with E-state index in [2.05, 4.69) is 76.5 Å². The molecule has 0 bridgehead atoms. The maximum absolute atomic E-state index is 5.18. The first-order valence-corrected chi connectivity index (χ1v) is 10.9. The molecule has 150 valence electrons. The topological polar surface area (TPSA) is 50.9 Å². The molecule has 1 aromatic heterocycles. The van der Waals surface area contributed by atoms with Gasteiger partial charge in [-0.1, -0.05) is 60.3 Å². The Bertz CT molecular complexity index is 1060. The van der Waals surface area contributed by atoms with Crippen LogP contribution in [-0.2, 0) is 11.3 Å². The van der Waals surface area contributed by atoms with Crippen molar-refractivity contribution in [1.29, 1.82) is 0 Å². The summed E-state index contributed by atoms with van der Waals surface area (Å²) < 4.78 is 7.57. The number of ether oxygens (including phenoxy) is 1. The number of rotatable bonds is 6. The number of aromatic nitrogens is 1. The summed E-state index contributed by atoms with van der Waals surface area (Å²) in [5.74, 6) is 0.781. The zero-order valence-corrected chi connectivity index (χ0v) is 17.9. The third-order valence-electron chi connectivity index (χ3n) is 5.00. The first kappa shape index (κ1) is 19.7. The fraction of sp³-hybridized carbons (Fsp3) is 0.304. The molecule has 29 heavy (non-hydrogen) atoms. The van der Waals surface area contributed by atoms with Crippen molar-refractivity contribution < 1.29 is 4.74 Å². The molecule has 0 saturated carbocycles. The van der Waals surface area contributed by atoms with Gasteiger partial charge >= 0.3 is 0 Å². The Morgan fingerprint density at radius 2 is 1.93 bits per heavy atom. The maximum atomic E-state index is 5.18. The number of hydrogen-bond donors (Lipinski definition) is 1. The number of nitrogens with one attached hydrogen (secondary N) is 1. The van der Waals surface area contributed by atoms with E-state index in [1.54, 1.807) is 18.9 Å². The number of nitrogens with zero attached hydrogens (tertiary/aromatic N) is 3. The summed E-state index contributed by atoms with van der Waals surface area (Å²) in [6.45, 7) is 5.74. The van der Waals surface area contributed by atoms with E-state index in [9.17, 15) is 0 Å². The molecule has 1 N–H and O–H groups in total. The Labute approximate surface area is 175 Å². The number of hydrogen-bond acceptors (Lipinski definition) is 4. The molecule has 2 heterocycles. The summed E-state index contributed by atoms with van der Waals surface area (Å²) in [5.41, 5.74) is 9.10. The third kappa shape index (κ3) is 3.95. The van der Waals surface area contributed by atoms with Gasteiger partial charge in [-0.3, -0.25) is 10.4 Å². The van der Waals surface area contributed by atoms with E-state index in [0.717, 1.165) is 23.2 Å². The van der Waals surface area contributed by atoms with E-state index in [4.69, 9.17) is 9.84 Å². The molecule has 4 rings (SSSR count). The van der Waals surface area contributed by atoms with Crippen LogP contribution in [-0.4, -0.2) is 41.0 Å². The average molecular weight is 407 g/mol. The minimum Gasteiger partial charge on any atom is -0.382 e. The van der Waals surface area contributed by atoms with Gasteiger partial charge in [0.2, 0.25) is 0 Å². The molecule has 1 aliphatic rings. The van der Waals surface area contributed by atoms with Crippen molar-refractivity contribution in [2.75, 3.05) is 19.5 Å². The lowest BCUT2D eigenvalue weighted by Gasteiger charge is -2.18. The third-order valence-corrected chi connectivity index (χ3v) is 5.89. The largest absolute Gasteiger partial charge is 0.382 e. The van der Waals surface area contributed by atoms with Crippen LogP contribution >= 0.6 is 11.8 Å². The molecule has 2 aromatic carbocycles. The quantitative estimate of drug-likeness (QED) is 0.642. The van der Waals surface area contributed by atoms with Gasteiger partial charge in [-0.05, 0) is 25.5 Å². The number of aliphatic imine (C=N–C) groups is 1. The lowest BCUT2D eigenvalue weighted by atomic mass is 10.0. The van der Waals surface area contributed by atoms with Crippen molar-refractivity contribution in [2.45, 2.75) is 26.4 Å². The molecule has 3 aromatic rings. The molecule has 0 spiro atoms. The number of amidine groups is 1. The molecule has 1 aliphatic heterocycles. The minimum atomic E-state index is 0.105. The van der Waals surface area contributed by atoms with Gasteiger partial charge in [0.25, 0.3) is 0 Å². The Morgan fingerprint density at radius 3 is 2.62 bits per heavy atom. The molecular weight excluding hydrogens is 380 g/mol. The van der Waals surface area contributed by atoms with E-state index in [-0.39, 0.29) is 6.04 Å². The molecule has 0 aliphatic carbocycles. The molecular formula is C23H26N4OS. The number of fused-ring (bicyclic) bond motifs is 1. The summed E-state index contributed by atoms with van der Waals surface area (Å²) in [5, 5.41) is 6.82. The minimum absolute atomic E-state index is 0.105. The van der Waals surface area contributed by atoms with Gasteiger partial charge in [0, 0.05) is 35.9 Å². The van der Waals surface area contributed by atoms with Gasteiger partial charge in [0.15, 0.2) is 5.17 Å². The highest BCUT2D eigenvalue weighted by molar-refractivity contribution is 8.14. The van der Waals surface area contributed by atoms with E-state index in [0.29, 0.717) is 6.61 Å². The lowest BCUT2D eigenvalue weighted by Crippen LogP contribution is -2.27. The molecule has 0 saturated heterocycles. The number of methoxy groups -OCH3 is 1. The second-order valence-electron chi connectivity index (χ2n) is 7.05. The van der Waals surface area contributed by atoms with Crippen LogP contribution in [0.4, 0.5) is 0 Å². The fourth-order valence-corrected chi connectivity index (χ4v) is 4.66. The van der Waals surface area contributed by atoms with Crippen molar-refractivity contribution in [3.8, 4) is 11.3 Å². The summed E-state index contributed by atoms with van der Waals surface area (Å²) in [6.07, 6.45) is 0. The maximum Gasteiger partial charge on any atom is 0.177 e. The van der Waals surface area contributed by atoms with E-state index in [1.165, 1.54) is 27.7 Å². The van der Waals surface area contributed by atoms with Crippen molar-refractivity contribution in [1.82, 2.24) is 9.99 Å². The molecule has 6 heteroatoms. The van der Waals surface area contributed by atoms with Crippen LogP contribution in [0.3, 0.4) is 0 Å². The van der Waals surface area contributed by atoms with Crippen LogP contribution in [0.1, 0.15) is 19.4 Å². The first-order chi connectivity index (χ1) is 14.2. The Balaban J connectivity index is 1.81. The van der Waals surface area contributed by atoms with Crippen LogP contribution in [0.5, 0.6) is 0 Å². The number of benzene rings is 2. The smallest absolute Gasteiger partial charge is 0.177 e. The van der Waals surface area contributed by atoms with Crippen LogP contribution in [0.15, 0.2) is 64.7 Å². The van der Waals surface area contributed by atoms with E-state index < -0.39 is 0 Å². The predicted octanol–water partition coefficient (Wildman–Crippen LogP) is 4.76. The Morgan fingerprint density at radius 1 is 1.17 bits per heavy atom. The first-order valence-electron chi connectivity index (χ1n) is 9.92. The molecule has 5 nitrogen and oxygen atoms in total. The SMILES string of the molecule is CCn1c(-c2ccccc2)c(C2=NNC(=NC(C)COC)SC2)c2ccccc21. The predicted molar refractivity (Wildman–Crippen MR) is 124 cm³/mol. The molecule has 1 unspecified atom stereocenters. The van der Waals surface area contributed by atoms with Crippen LogP contribution < -0.4 is 5.43 Å². The van der Waals surface area contributed by atoms with Gasteiger partial charge in [-0.15, -0.1) is 0 Å². The Hall–Kier alpha value is -2.57. The zero-order valence-electron chi connectivity index (χ0n) is 17.1. The highest BCUT2D eigenvalue weighted by Crippen LogP contribution is 2.35. The van der Waals surface area contributed by atoms with Gasteiger partial charge in [0.05, 0.1) is 24.1 Å². The summed E-state index contributed by atoms with van der Waals surface area (Å²) in [6, 6.07) is 19.3. The Kier molecular flexibility index (Phi) is 6.02. The summed E-state index contributed by atoms with van der Waals surface area (Å²) >= 11 is 1.69. The summed E-state index contributed by atoms with van der Waals surface area (Å²) in [4.78, 5) is 4.65. The molecule has 0 radical (unpaired) electrons. The second-order valence-corrected chi connectivity index (χ2v) is 8.01. The van der Waals surface area contributed by atoms with Crippen molar-refractivity contribution >= 4 is 33.5 Å². The van der Waals surface area contributed by atoms with Gasteiger partial charge < -0.3 is 9.30 Å². The number of thioether (sulfide) groups is 1. The number of aryl methyl sites for hydroxylation is 1. The molecule has 0 fully saturated rings. The highest BCUT2D eigenvalue weighted by atomic mass is 32.2. The van der Waals surface area contributed by atoms with E-state index in [1.807, 2.05) is 6.92 Å². The normalized spacial score (nSPS) is 16.7. The van der Waals surface area contributed by atoms with Crippen molar-refractivity contribution in [3.05, 3.63) is 60.2 Å². The van der Waals surface area contributed by atoms with Crippen molar-refractivity contribution in [3.63, 3.8) is 0 Å². The fourth-order valence-electron chi connectivity index (χ4n) is 3.81. The highest BCUT2D eigenvalue weighted by Gasteiger charge is 2.24. The van der Waals surface area contributed by atoms with Gasteiger partial charge in [0.1, 0.15) is 0 Å². The standard InChI is InChI=1S/C23H26N4OS/c1-4-27-20-13-9-8-12-18(20)21(22(27)17-10-6-5-7-11-17)19-15-29-23(26-25-19)24-16(2)14-28-3/h5-13,16H,4,14-15H2,1-3H3,(H,24,26). The monoisotopic (exact) mass is 406 g/mol. The van der Waals surface area contributed by atoms with Gasteiger partial charge in [-0.25, -0.2) is 0 Å². The van der Waals surface area contributed by atoms with Crippen LogP contribution in [0.25, 0.3) is 22.2 Å². The average Bonchev–Trinajstić information content (AvgIpc) is 3.09. The van der Waals surface area contributed by atoms with Crippen LogP contribution in [0, 0.1) is 0 Å². The molecule has 1 atom stereocenters. The van der Waals surface area contributed by atoms with E-state index >= 15 is 0 Å². The molecule has 0 amide bonds. The lowest BCUT2D eigenvalue weighted by molar-refractivity contribution is 0.186. The van der Waals surface area contributed by atoms with Gasteiger partial charge in [-0.2, -0.15) is 5.10 Å². The van der Waals surface area contributed by atoms with Crippen molar-refractivity contribution in [2.24, 2.45) is 10.1 Å². The summed E-state index contributed by atoms with van der Waals surface area (Å²) in [7, 11) is 1.70. The number of para-hydroxylation sites is 1. The van der Waals surface area contributed by atoms with Crippen LogP contribution in [0.2, 0.25) is 0 Å². The second kappa shape index (κ2) is 8.84. The number of hydrazone groups is 1.